The molecule has 2 aromatic rings. The number of carbonyl (C=O) groups is 4. The maximum atomic E-state index is 14.9. The average molecular weight is 485 g/mol. The van der Waals surface area contributed by atoms with Gasteiger partial charge in [-0.1, -0.05) is 30.3 Å². The van der Waals surface area contributed by atoms with Crippen LogP contribution in [-0.4, -0.2) is 48.2 Å². The minimum absolute atomic E-state index is 0.202. The molecule has 2 heterocycles. The van der Waals surface area contributed by atoms with Crippen LogP contribution in [0.1, 0.15) is 35.3 Å². The third-order valence-corrected chi connectivity index (χ3v) is 7.27. The van der Waals surface area contributed by atoms with Crippen LogP contribution in [0.3, 0.4) is 0 Å². The molecule has 2 saturated heterocycles. The number of methoxy groups -OCH3 is 1. The van der Waals surface area contributed by atoms with E-state index in [0.717, 1.165) is 4.90 Å². The van der Waals surface area contributed by atoms with E-state index in [2.05, 4.69) is 5.32 Å². The number of esters is 1. The molecule has 0 bridgehead atoms. The van der Waals surface area contributed by atoms with Gasteiger partial charge in [0, 0.05) is 17.2 Å². The number of hydrogen-bond acceptors (Lipinski definition) is 7. The first-order valence-corrected chi connectivity index (χ1v) is 12.2. The first kappa shape index (κ1) is 24.1. The van der Waals surface area contributed by atoms with Crippen LogP contribution in [0.2, 0.25) is 0 Å². The molecule has 0 radical (unpaired) electrons. The van der Waals surface area contributed by atoms with Crippen molar-refractivity contribution in [1.82, 2.24) is 5.32 Å². The number of nitrogens with zero attached hydrogens (tertiary/aromatic N) is 1. The molecule has 0 aliphatic carbocycles. The number of ether oxygens (including phenoxy) is 1. The molecule has 7 nitrogen and oxygen atoms in total. The van der Waals surface area contributed by atoms with Crippen molar-refractivity contribution in [2.24, 2.45) is 11.8 Å². The van der Waals surface area contributed by atoms with E-state index in [1.54, 1.807) is 30.3 Å². The number of rotatable bonds is 7. The molecule has 2 aliphatic rings. The summed E-state index contributed by atoms with van der Waals surface area (Å²) in [6, 6.07) is 11.3. The molecule has 0 unspecified atom stereocenters. The van der Waals surface area contributed by atoms with Crippen LogP contribution in [0.15, 0.2) is 48.5 Å². The molecule has 2 aromatic carbocycles. The number of hydrogen-bond donors (Lipinski definition) is 1. The van der Waals surface area contributed by atoms with Gasteiger partial charge >= 0.3 is 5.97 Å². The number of fused-ring (bicyclic) bond motifs is 1. The molecule has 1 N–H and O–H groups in total. The summed E-state index contributed by atoms with van der Waals surface area (Å²) < 4.78 is 20.0. The topological polar surface area (TPSA) is 92.8 Å². The number of thioether (sulfide) groups is 1. The zero-order chi connectivity index (χ0) is 24.6. The van der Waals surface area contributed by atoms with Gasteiger partial charge in [-0.3, -0.25) is 24.5 Å². The van der Waals surface area contributed by atoms with Crippen LogP contribution in [0.5, 0.6) is 0 Å². The molecule has 4 rings (SSSR count). The Bertz CT molecular complexity index is 1170. The van der Waals surface area contributed by atoms with Crippen molar-refractivity contribution < 1.29 is 28.3 Å². The lowest BCUT2D eigenvalue weighted by Crippen LogP contribution is -2.56. The van der Waals surface area contributed by atoms with Crippen molar-refractivity contribution in [2.75, 3.05) is 24.0 Å². The van der Waals surface area contributed by atoms with E-state index in [1.807, 2.05) is 6.26 Å². The van der Waals surface area contributed by atoms with Gasteiger partial charge in [0.05, 0.1) is 24.6 Å². The Hall–Kier alpha value is -3.04. The molecule has 2 amide bonds. The van der Waals surface area contributed by atoms with Crippen LogP contribution in [0.4, 0.5) is 10.1 Å². The second kappa shape index (κ2) is 9.31. The van der Waals surface area contributed by atoms with Crippen molar-refractivity contribution in [2.45, 2.75) is 24.9 Å². The standard InChI is InChI=1S/C25H25FN2O5S/c1-14(29)15-7-6-8-16(13-15)28-22(30)19-20(23(28)31)25(11-12-34-3,24(32)33-2)27-21(19)17-9-4-5-10-18(17)26/h4-10,13,19-21,27H,11-12H2,1-3H3/t19-,20+,21+,25-/m1/s1. The van der Waals surface area contributed by atoms with Crippen molar-refractivity contribution in [3.63, 3.8) is 0 Å². The molecule has 4 atom stereocenters. The van der Waals surface area contributed by atoms with Crippen LogP contribution in [-0.2, 0) is 19.1 Å². The fourth-order valence-electron chi connectivity index (χ4n) is 5.08. The molecular formula is C25H25FN2O5S. The Kier molecular flexibility index (Phi) is 6.60. The molecular weight excluding hydrogens is 459 g/mol. The van der Waals surface area contributed by atoms with E-state index in [1.165, 1.54) is 44.0 Å². The van der Waals surface area contributed by atoms with Gasteiger partial charge in [-0.2, -0.15) is 11.8 Å². The quantitative estimate of drug-likeness (QED) is 0.367. The summed E-state index contributed by atoms with van der Waals surface area (Å²) in [5.41, 5.74) is -0.712. The summed E-state index contributed by atoms with van der Waals surface area (Å²) in [7, 11) is 1.23. The van der Waals surface area contributed by atoms with Gasteiger partial charge in [0.1, 0.15) is 11.4 Å². The van der Waals surface area contributed by atoms with E-state index < -0.39 is 47.0 Å². The van der Waals surface area contributed by atoms with Gasteiger partial charge < -0.3 is 4.74 Å². The first-order valence-electron chi connectivity index (χ1n) is 10.8. The van der Waals surface area contributed by atoms with E-state index >= 15 is 0 Å². The van der Waals surface area contributed by atoms with E-state index in [4.69, 9.17) is 4.74 Å². The summed E-state index contributed by atoms with van der Waals surface area (Å²) in [6.45, 7) is 1.39. The van der Waals surface area contributed by atoms with Gasteiger partial charge in [-0.05, 0) is 43.6 Å². The predicted octanol–water partition coefficient (Wildman–Crippen LogP) is 3.14. The van der Waals surface area contributed by atoms with Gasteiger partial charge in [0.2, 0.25) is 11.8 Å². The highest BCUT2D eigenvalue weighted by Crippen LogP contribution is 2.51. The fraction of sp³-hybridized carbons (Fsp3) is 0.360. The normalized spacial score (nSPS) is 26.0. The summed E-state index contributed by atoms with van der Waals surface area (Å²) >= 11 is 1.48. The highest BCUT2D eigenvalue weighted by Gasteiger charge is 2.68. The minimum Gasteiger partial charge on any atom is -0.468 e. The Morgan fingerprint density at radius 1 is 1.15 bits per heavy atom. The van der Waals surface area contributed by atoms with Gasteiger partial charge in [0.15, 0.2) is 5.78 Å². The molecule has 2 fully saturated rings. The van der Waals surface area contributed by atoms with Crippen molar-refractivity contribution in [3.8, 4) is 0 Å². The maximum absolute atomic E-state index is 14.9. The SMILES string of the molecule is COC(=O)[C@]1(CCSC)N[C@@H](c2ccccc2F)[C@@H]2C(=O)N(c3cccc(C(C)=O)c3)C(=O)[C@H]21. The van der Waals surface area contributed by atoms with Crippen LogP contribution in [0, 0.1) is 17.7 Å². The van der Waals surface area contributed by atoms with E-state index in [9.17, 15) is 23.6 Å². The van der Waals surface area contributed by atoms with Crippen LogP contribution in [0.25, 0.3) is 0 Å². The van der Waals surface area contributed by atoms with Crippen LogP contribution >= 0.6 is 11.8 Å². The third-order valence-electron chi connectivity index (χ3n) is 6.66. The molecule has 0 saturated carbocycles. The summed E-state index contributed by atoms with van der Waals surface area (Å²) in [5.74, 6) is -4.15. The Morgan fingerprint density at radius 3 is 2.53 bits per heavy atom. The number of imide groups is 1. The second-order valence-corrected chi connectivity index (χ2v) is 9.46. The largest absolute Gasteiger partial charge is 0.468 e. The zero-order valence-electron chi connectivity index (χ0n) is 19.0. The number of halogens is 1. The number of carbonyl (C=O) groups excluding carboxylic acids is 4. The first-order chi connectivity index (χ1) is 16.3. The minimum atomic E-state index is -1.50. The Balaban J connectivity index is 1.88. The molecule has 0 spiro atoms. The predicted molar refractivity (Wildman–Crippen MR) is 126 cm³/mol. The zero-order valence-corrected chi connectivity index (χ0v) is 19.9. The lowest BCUT2D eigenvalue weighted by Gasteiger charge is -2.32. The molecule has 178 valence electrons. The lowest BCUT2D eigenvalue weighted by molar-refractivity contribution is -0.152. The number of amides is 2. The van der Waals surface area contributed by atoms with Crippen molar-refractivity contribution in [3.05, 3.63) is 65.5 Å². The molecule has 9 heteroatoms. The Labute approximate surface area is 201 Å². The third kappa shape index (κ3) is 3.73. The number of nitrogens with one attached hydrogen (secondary N) is 1. The average Bonchev–Trinajstić information content (AvgIpc) is 3.31. The summed E-state index contributed by atoms with van der Waals surface area (Å²) in [6.07, 6.45) is 2.08. The fourth-order valence-corrected chi connectivity index (χ4v) is 5.61. The molecule has 34 heavy (non-hydrogen) atoms. The highest BCUT2D eigenvalue weighted by molar-refractivity contribution is 7.98. The summed E-state index contributed by atoms with van der Waals surface area (Å²) in [4.78, 5) is 53.6. The highest BCUT2D eigenvalue weighted by atomic mass is 32.2. The summed E-state index contributed by atoms with van der Waals surface area (Å²) in [5, 5.41) is 3.16. The monoisotopic (exact) mass is 484 g/mol. The Morgan fingerprint density at radius 2 is 1.88 bits per heavy atom. The van der Waals surface area contributed by atoms with Crippen molar-refractivity contribution >= 4 is 41.0 Å². The maximum Gasteiger partial charge on any atom is 0.326 e. The number of Topliss-reactive ketones (excluding diaryl/α,β-unsaturated/α-hetero) is 1. The molecule has 2 aliphatic heterocycles. The van der Waals surface area contributed by atoms with Crippen LogP contribution < -0.4 is 10.2 Å². The molecule has 0 aromatic heterocycles. The number of anilines is 1. The van der Waals surface area contributed by atoms with Gasteiger partial charge in [-0.15, -0.1) is 0 Å². The lowest BCUT2D eigenvalue weighted by atomic mass is 9.78. The number of benzene rings is 2. The smallest absolute Gasteiger partial charge is 0.326 e. The second-order valence-electron chi connectivity index (χ2n) is 8.47. The van der Waals surface area contributed by atoms with E-state index in [0.29, 0.717) is 11.3 Å². The number of ketones is 1. The van der Waals surface area contributed by atoms with E-state index in [-0.39, 0.29) is 23.5 Å². The van der Waals surface area contributed by atoms with Gasteiger partial charge in [-0.25, -0.2) is 9.29 Å². The van der Waals surface area contributed by atoms with Gasteiger partial charge in [0.25, 0.3) is 0 Å². The van der Waals surface area contributed by atoms with Crippen molar-refractivity contribution in [1.29, 1.82) is 0 Å².